The van der Waals surface area contributed by atoms with Crippen LogP contribution in [0.25, 0.3) is 0 Å². The topological polar surface area (TPSA) is 55.8 Å². The molecular weight excluding hydrogens is 280 g/mol. The average Bonchev–Trinajstić information content (AvgIpc) is 2.46. The third kappa shape index (κ3) is 6.04. The van der Waals surface area contributed by atoms with Gasteiger partial charge in [0.05, 0.1) is 12.7 Å². The van der Waals surface area contributed by atoms with E-state index in [9.17, 15) is 4.79 Å². The number of allylic oxidation sites excluding steroid dienone is 3. The van der Waals surface area contributed by atoms with Crippen molar-refractivity contribution < 1.29 is 19.4 Å². The van der Waals surface area contributed by atoms with E-state index in [0.29, 0.717) is 18.1 Å². The Balaban J connectivity index is 2.60. The monoisotopic (exact) mass is 304 g/mol. The molecule has 0 aliphatic carbocycles. The van der Waals surface area contributed by atoms with Gasteiger partial charge >= 0.3 is 5.97 Å². The van der Waals surface area contributed by atoms with Gasteiger partial charge in [-0.3, -0.25) is 0 Å². The molecular formula is C18H24O4. The second-order valence-electron chi connectivity index (χ2n) is 5.35. The molecule has 1 rings (SSSR count). The predicted octanol–water partition coefficient (Wildman–Crippen LogP) is 4.46. The van der Waals surface area contributed by atoms with Crippen LogP contribution in [-0.2, 0) is 0 Å². The molecule has 4 heteroatoms. The minimum atomic E-state index is -0.986. The van der Waals surface area contributed by atoms with Gasteiger partial charge in [0.25, 0.3) is 0 Å². The zero-order valence-electron chi connectivity index (χ0n) is 13.7. The lowest BCUT2D eigenvalue weighted by molar-refractivity contribution is 0.0696. The number of carbonyl (C=O) groups is 1. The van der Waals surface area contributed by atoms with Crippen molar-refractivity contribution in [3.8, 4) is 11.5 Å². The molecule has 0 spiro atoms. The van der Waals surface area contributed by atoms with Crippen LogP contribution in [0.4, 0.5) is 0 Å². The van der Waals surface area contributed by atoms with E-state index in [4.69, 9.17) is 14.6 Å². The number of rotatable bonds is 8. The first-order chi connectivity index (χ1) is 10.4. The standard InChI is InChI=1S/C18H24O4/c1-13(2)6-5-7-14(3)10-11-22-16-9-8-15(18(19)20)12-17(16)21-4/h6,8-10,12H,5,7,11H2,1-4H3,(H,19,20). The predicted molar refractivity (Wildman–Crippen MR) is 87.9 cm³/mol. The SMILES string of the molecule is COc1cc(C(=O)O)ccc1OCC=C(C)CCC=C(C)C. The zero-order valence-corrected chi connectivity index (χ0v) is 13.7. The smallest absolute Gasteiger partial charge is 0.335 e. The summed E-state index contributed by atoms with van der Waals surface area (Å²) >= 11 is 0. The second-order valence-corrected chi connectivity index (χ2v) is 5.35. The first kappa shape index (κ1) is 17.8. The molecule has 120 valence electrons. The molecule has 0 aliphatic heterocycles. The molecule has 0 saturated heterocycles. The quantitative estimate of drug-likeness (QED) is 0.720. The van der Waals surface area contributed by atoms with Gasteiger partial charge in [0, 0.05) is 0 Å². The van der Waals surface area contributed by atoms with Crippen molar-refractivity contribution in [1.82, 2.24) is 0 Å². The van der Waals surface area contributed by atoms with Gasteiger partial charge in [0.2, 0.25) is 0 Å². The molecule has 0 saturated carbocycles. The molecule has 0 atom stereocenters. The van der Waals surface area contributed by atoms with Gasteiger partial charge in [0.15, 0.2) is 11.5 Å². The Hall–Kier alpha value is -2.23. The number of carboxylic acid groups (broad SMARTS) is 1. The number of hydrogen-bond donors (Lipinski definition) is 1. The third-order valence-electron chi connectivity index (χ3n) is 3.17. The number of hydrogen-bond acceptors (Lipinski definition) is 3. The maximum absolute atomic E-state index is 10.9. The van der Waals surface area contributed by atoms with Crippen LogP contribution >= 0.6 is 0 Å². The Labute approximate surface area is 132 Å². The first-order valence-electron chi connectivity index (χ1n) is 7.27. The van der Waals surface area contributed by atoms with Crippen LogP contribution in [0.1, 0.15) is 44.0 Å². The molecule has 1 N–H and O–H groups in total. The second kappa shape index (κ2) is 8.93. The molecule has 1 aromatic carbocycles. The minimum absolute atomic E-state index is 0.178. The molecule has 0 amide bonds. The fourth-order valence-corrected chi connectivity index (χ4v) is 1.88. The van der Waals surface area contributed by atoms with E-state index >= 15 is 0 Å². The van der Waals surface area contributed by atoms with Gasteiger partial charge in [-0.15, -0.1) is 0 Å². The number of aromatic carboxylic acids is 1. The maximum Gasteiger partial charge on any atom is 0.335 e. The summed E-state index contributed by atoms with van der Waals surface area (Å²) in [6.07, 6.45) is 6.28. The summed E-state index contributed by atoms with van der Waals surface area (Å²) in [7, 11) is 1.49. The lowest BCUT2D eigenvalue weighted by Gasteiger charge is -2.10. The van der Waals surface area contributed by atoms with Gasteiger partial charge in [0.1, 0.15) is 6.61 Å². The summed E-state index contributed by atoms with van der Waals surface area (Å²) in [4.78, 5) is 10.9. The number of ether oxygens (including phenoxy) is 2. The molecule has 0 fully saturated rings. The lowest BCUT2D eigenvalue weighted by Crippen LogP contribution is -2.01. The third-order valence-corrected chi connectivity index (χ3v) is 3.17. The summed E-state index contributed by atoms with van der Waals surface area (Å²) in [5.41, 5.74) is 2.77. The van der Waals surface area contributed by atoms with E-state index in [1.165, 1.54) is 30.4 Å². The van der Waals surface area contributed by atoms with Crippen molar-refractivity contribution in [3.05, 3.63) is 47.1 Å². The molecule has 0 unspecified atom stereocenters. The van der Waals surface area contributed by atoms with Crippen molar-refractivity contribution in [2.45, 2.75) is 33.6 Å². The van der Waals surface area contributed by atoms with Crippen LogP contribution in [0, 0.1) is 0 Å². The normalized spacial score (nSPS) is 11.0. The fourth-order valence-electron chi connectivity index (χ4n) is 1.88. The van der Waals surface area contributed by atoms with Gasteiger partial charge < -0.3 is 14.6 Å². The van der Waals surface area contributed by atoms with E-state index in [1.807, 2.05) is 6.08 Å². The summed E-state index contributed by atoms with van der Waals surface area (Å²) < 4.78 is 10.8. The maximum atomic E-state index is 10.9. The minimum Gasteiger partial charge on any atom is -0.493 e. The van der Waals surface area contributed by atoms with Crippen LogP contribution in [0.3, 0.4) is 0 Å². The van der Waals surface area contributed by atoms with E-state index in [1.54, 1.807) is 6.07 Å². The van der Waals surface area contributed by atoms with Crippen molar-refractivity contribution in [3.63, 3.8) is 0 Å². The zero-order chi connectivity index (χ0) is 16.5. The van der Waals surface area contributed by atoms with E-state index in [0.717, 1.165) is 12.8 Å². The Bertz CT molecular complexity index is 566. The van der Waals surface area contributed by atoms with Crippen molar-refractivity contribution in [2.75, 3.05) is 13.7 Å². The highest BCUT2D eigenvalue weighted by molar-refractivity contribution is 5.88. The van der Waals surface area contributed by atoms with Crippen LogP contribution in [0.15, 0.2) is 41.5 Å². The molecule has 1 aromatic rings. The van der Waals surface area contributed by atoms with Crippen LogP contribution < -0.4 is 9.47 Å². The number of methoxy groups -OCH3 is 1. The number of carboxylic acids is 1. The average molecular weight is 304 g/mol. The van der Waals surface area contributed by atoms with Crippen LogP contribution in [0.5, 0.6) is 11.5 Å². The largest absolute Gasteiger partial charge is 0.493 e. The van der Waals surface area contributed by atoms with E-state index in [-0.39, 0.29) is 5.56 Å². The summed E-state index contributed by atoms with van der Waals surface area (Å²) in [6, 6.07) is 4.59. The molecule has 0 aromatic heterocycles. The van der Waals surface area contributed by atoms with E-state index < -0.39 is 5.97 Å². The van der Waals surface area contributed by atoms with Gasteiger partial charge in [-0.2, -0.15) is 0 Å². The Morgan fingerprint density at radius 2 is 1.91 bits per heavy atom. The van der Waals surface area contributed by atoms with E-state index in [2.05, 4.69) is 26.8 Å². The lowest BCUT2D eigenvalue weighted by atomic mass is 10.1. The highest BCUT2D eigenvalue weighted by Gasteiger charge is 2.09. The van der Waals surface area contributed by atoms with Gasteiger partial charge in [-0.25, -0.2) is 4.79 Å². The molecule has 0 aliphatic rings. The Morgan fingerprint density at radius 3 is 2.50 bits per heavy atom. The fraction of sp³-hybridized carbons (Fsp3) is 0.389. The Kier molecular flexibility index (Phi) is 7.23. The molecule has 0 heterocycles. The van der Waals surface area contributed by atoms with Crippen molar-refractivity contribution in [1.29, 1.82) is 0 Å². The van der Waals surface area contributed by atoms with Gasteiger partial charge in [-0.05, 0) is 57.9 Å². The molecule has 0 radical (unpaired) electrons. The highest BCUT2D eigenvalue weighted by Crippen LogP contribution is 2.28. The first-order valence-corrected chi connectivity index (χ1v) is 7.27. The van der Waals surface area contributed by atoms with Crippen molar-refractivity contribution in [2.24, 2.45) is 0 Å². The Morgan fingerprint density at radius 1 is 1.18 bits per heavy atom. The number of benzene rings is 1. The van der Waals surface area contributed by atoms with Crippen LogP contribution in [0.2, 0.25) is 0 Å². The van der Waals surface area contributed by atoms with Crippen molar-refractivity contribution >= 4 is 5.97 Å². The van der Waals surface area contributed by atoms with Gasteiger partial charge in [-0.1, -0.05) is 17.2 Å². The highest BCUT2D eigenvalue weighted by atomic mass is 16.5. The molecule has 4 nitrogen and oxygen atoms in total. The summed E-state index contributed by atoms with van der Waals surface area (Å²) in [5.74, 6) is -0.0174. The summed E-state index contributed by atoms with van der Waals surface area (Å²) in [5, 5.41) is 8.96. The summed E-state index contributed by atoms with van der Waals surface area (Å²) in [6.45, 7) is 6.70. The molecule has 0 bridgehead atoms. The van der Waals surface area contributed by atoms with Crippen LogP contribution in [-0.4, -0.2) is 24.8 Å². The molecule has 22 heavy (non-hydrogen) atoms.